The number of ether oxygens (including phenoxy) is 1. The molecule has 0 spiro atoms. The molecule has 1 aliphatic heterocycles. The summed E-state index contributed by atoms with van der Waals surface area (Å²) in [6.07, 6.45) is 3.46. The topological polar surface area (TPSA) is 78.7 Å². The molecule has 2 N–H and O–H groups in total. The van der Waals surface area contributed by atoms with E-state index in [2.05, 4.69) is 21.8 Å². The van der Waals surface area contributed by atoms with E-state index in [9.17, 15) is 10.2 Å². The van der Waals surface area contributed by atoms with Gasteiger partial charge in [0.05, 0.1) is 25.0 Å². The number of hydrogen-bond acceptors (Lipinski definition) is 6. The van der Waals surface area contributed by atoms with E-state index in [0.717, 1.165) is 30.9 Å². The van der Waals surface area contributed by atoms with Gasteiger partial charge in [-0.3, -0.25) is 0 Å². The first-order valence-corrected chi connectivity index (χ1v) is 7.49. The Morgan fingerprint density at radius 1 is 1.48 bits per heavy atom. The van der Waals surface area contributed by atoms with Gasteiger partial charge in [-0.2, -0.15) is 0 Å². The van der Waals surface area contributed by atoms with Crippen molar-refractivity contribution in [2.45, 2.75) is 38.9 Å². The normalized spacial score (nSPS) is 26.1. The molecular weight excluding hydrogens is 270 g/mol. The fraction of sp³-hybridized carbons (Fsp3) is 0.733. The molecule has 1 aliphatic rings. The number of methoxy groups -OCH3 is 1. The highest BCUT2D eigenvalue weighted by atomic mass is 16.5. The minimum Gasteiger partial charge on any atom is -0.396 e. The van der Waals surface area contributed by atoms with E-state index >= 15 is 0 Å². The second-order valence-corrected chi connectivity index (χ2v) is 5.80. The van der Waals surface area contributed by atoms with Gasteiger partial charge in [-0.05, 0) is 12.8 Å². The summed E-state index contributed by atoms with van der Waals surface area (Å²) in [6.45, 7) is 3.86. The van der Waals surface area contributed by atoms with Crippen LogP contribution in [0.2, 0.25) is 0 Å². The molecule has 0 radical (unpaired) electrons. The van der Waals surface area contributed by atoms with Gasteiger partial charge in [-0.1, -0.05) is 13.3 Å². The van der Waals surface area contributed by atoms with E-state index in [1.807, 2.05) is 6.07 Å². The van der Waals surface area contributed by atoms with Crippen molar-refractivity contribution in [3.05, 3.63) is 18.1 Å². The Labute approximate surface area is 125 Å². The van der Waals surface area contributed by atoms with Crippen LogP contribution in [0.4, 0.5) is 5.82 Å². The summed E-state index contributed by atoms with van der Waals surface area (Å²) < 4.78 is 5.10. The van der Waals surface area contributed by atoms with Gasteiger partial charge in [0.1, 0.15) is 12.1 Å². The molecule has 2 rings (SSSR count). The molecule has 6 nitrogen and oxygen atoms in total. The van der Waals surface area contributed by atoms with Crippen molar-refractivity contribution in [3.63, 3.8) is 0 Å². The van der Waals surface area contributed by atoms with Gasteiger partial charge in [0.25, 0.3) is 0 Å². The molecule has 1 saturated heterocycles. The highest BCUT2D eigenvalue weighted by Crippen LogP contribution is 2.36. The fourth-order valence-corrected chi connectivity index (χ4v) is 3.11. The predicted octanol–water partition coefficient (Wildman–Crippen LogP) is 0.973. The number of aliphatic hydroxyl groups is 2. The summed E-state index contributed by atoms with van der Waals surface area (Å²) in [4.78, 5) is 10.6. The van der Waals surface area contributed by atoms with E-state index in [0.29, 0.717) is 19.6 Å². The van der Waals surface area contributed by atoms with E-state index in [1.165, 1.54) is 6.33 Å². The van der Waals surface area contributed by atoms with E-state index < -0.39 is 11.5 Å². The summed E-state index contributed by atoms with van der Waals surface area (Å²) >= 11 is 0. The van der Waals surface area contributed by atoms with Crippen LogP contribution in [0.1, 0.15) is 31.9 Å². The van der Waals surface area contributed by atoms with Gasteiger partial charge < -0.3 is 19.8 Å². The lowest BCUT2D eigenvalue weighted by atomic mass is 9.74. The number of rotatable bonds is 6. The zero-order chi connectivity index (χ0) is 15.3. The lowest BCUT2D eigenvalue weighted by molar-refractivity contribution is -0.0353. The van der Waals surface area contributed by atoms with Crippen molar-refractivity contribution in [2.75, 3.05) is 31.7 Å². The van der Waals surface area contributed by atoms with Crippen molar-refractivity contribution in [2.24, 2.45) is 5.41 Å². The van der Waals surface area contributed by atoms with Gasteiger partial charge in [0.15, 0.2) is 0 Å². The highest BCUT2D eigenvalue weighted by molar-refractivity contribution is 5.40. The Bertz CT molecular complexity index is 458. The zero-order valence-corrected chi connectivity index (χ0v) is 12.8. The average molecular weight is 295 g/mol. The molecule has 0 amide bonds. The smallest absolute Gasteiger partial charge is 0.132 e. The van der Waals surface area contributed by atoms with Crippen molar-refractivity contribution in [1.29, 1.82) is 0 Å². The Morgan fingerprint density at radius 3 is 2.95 bits per heavy atom. The van der Waals surface area contributed by atoms with Gasteiger partial charge in [-0.25, -0.2) is 9.97 Å². The van der Waals surface area contributed by atoms with E-state index in [-0.39, 0.29) is 6.61 Å². The van der Waals surface area contributed by atoms with Crippen LogP contribution in [0.5, 0.6) is 0 Å². The Hall–Kier alpha value is -1.24. The lowest BCUT2D eigenvalue weighted by Gasteiger charge is -2.45. The summed E-state index contributed by atoms with van der Waals surface area (Å²) in [6, 6.07) is 1.91. The number of nitrogens with zero attached hydrogens (tertiary/aromatic N) is 3. The van der Waals surface area contributed by atoms with Crippen LogP contribution in [0.15, 0.2) is 12.4 Å². The maximum atomic E-state index is 10.3. The Morgan fingerprint density at radius 2 is 2.29 bits per heavy atom. The van der Waals surface area contributed by atoms with Crippen molar-refractivity contribution >= 4 is 5.82 Å². The largest absolute Gasteiger partial charge is 0.396 e. The minimum atomic E-state index is -0.459. The summed E-state index contributed by atoms with van der Waals surface area (Å²) in [7, 11) is 1.64. The van der Waals surface area contributed by atoms with Crippen LogP contribution in [0.3, 0.4) is 0 Å². The van der Waals surface area contributed by atoms with Gasteiger partial charge >= 0.3 is 0 Å². The summed E-state index contributed by atoms with van der Waals surface area (Å²) in [5.41, 5.74) is 0.373. The van der Waals surface area contributed by atoms with Crippen molar-refractivity contribution in [1.82, 2.24) is 9.97 Å². The SMILES string of the molecule is CCC[C@@]1(CO)CN(c2cc(COC)ncn2)CC[C@@H]1O. The molecule has 1 aromatic rings. The van der Waals surface area contributed by atoms with Crippen LogP contribution in [-0.2, 0) is 11.3 Å². The number of piperidine rings is 1. The average Bonchev–Trinajstić information content (AvgIpc) is 2.50. The fourth-order valence-electron chi connectivity index (χ4n) is 3.11. The maximum Gasteiger partial charge on any atom is 0.132 e. The predicted molar refractivity (Wildman–Crippen MR) is 80.0 cm³/mol. The number of aliphatic hydroxyl groups excluding tert-OH is 2. The van der Waals surface area contributed by atoms with Crippen LogP contribution in [-0.4, -0.2) is 53.1 Å². The molecule has 6 heteroatoms. The maximum absolute atomic E-state index is 10.3. The molecule has 0 aromatic carbocycles. The molecule has 2 atom stereocenters. The van der Waals surface area contributed by atoms with Crippen molar-refractivity contribution in [3.8, 4) is 0 Å². The van der Waals surface area contributed by atoms with Gasteiger partial charge in [0, 0.05) is 31.7 Å². The van der Waals surface area contributed by atoms with E-state index in [1.54, 1.807) is 7.11 Å². The zero-order valence-electron chi connectivity index (χ0n) is 12.8. The molecule has 0 aliphatic carbocycles. The van der Waals surface area contributed by atoms with E-state index in [4.69, 9.17) is 4.74 Å². The molecule has 1 fully saturated rings. The second-order valence-electron chi connectivity index (χ2n) is 5.80. The minimum absolute atomic E-state index is 0.00544. The molecule has 0 saturated carbocycles. The van der Waals surface area contributed by atoms with Crippen molar-refractivity contribution < 1.29 is 14.9 Å². The molecule has 0 unspecified atom stereocenters. The number of hydrogen-bond donors (Lipinski definition) is 2. The standard InChI is InChI=1S/C15H25N3O3/c1-3-5-15(10-19)9-18(6-4-13(15)20)14-7-12(8-21-2)16-11-17-14/h7,11,13,19-20H,3-6,8-10H2,1-2H3/t13-,15-/m0/s1. The monoisotopic (exact) mass is 295 g/mol. The first kappa shape index (κ1) is 16.1. The third-order valence-electron chi connectivity index (χ3n) is 4.27. The summed E-state index contributed by atoms with van der Waals surface area (Å²) in [5, 5.41) is 20.1. The summed E-state index contributed by atoms with van der Waals surface area (Å²) in [5.74, 6) is 0.831. The Balaban J connectivity index is 2.18. The molecule has 0 bridgehead atoms. The quantitative estimate of drug-likeness (QED) is 0.814. The number of anilines is 1. The van der Waals surface area contributed by atoms with Crippen LogP contribution >= 0.6 is 0 Å². The third-order valence-corrected chi connectivity index (χ3v) is 4.27. The van der Waals surface area contributed by atoms with Gasteiger partial charge in [-0.15, -0.1) is 0 Å². The molecule has 2 heterocycles. The first-order chi connectivity index (χ1) is 10.1. The van der Waals surface area contributed by atoms with Crippen LogP contribution < -0.4 is 4.90 Å². The first-order valence-electron chi connectivity index (χ1n) is 7.49. The second kappa shape index (κ2) is 7.15. The highest BCUT2D eigenvalue weighted by Gasteiger charge is 2.42. The van der Waals surface area contributed by atoms with Crippen LogP contribution in [0, 0.1) is 5.41 Å². The Kier molecular flexibility index (Phi) is 5.50. The van der Waals surface area contributed by atoms with Gasteiger partial charge in [0.2, 0.25) is 0 Å². The molecule has 1 aromatic heterocycles. The lowest BCUT2D eigenvalue weighted by Crippen LogP contribution is -2.54. The molecular formula is C15H25N3O3. The number of aromatic nitrogens is 2. The third kappa shape index (κ3) is 3.51. The van der Waals surface area contributed by atoms with Crippen LogP contribution in [0.25, 0.3) is 0 Å². The molecule has 21 heavy (non-hydrogen) atoms. The molecule has 118 valence electrons.